The number of tetrazole rings is 1. The van der Waals surface area contributed by atoms with Gasteiger partial charge in [-0.2, -0.15) is 4.68 Å². The number of nitrogens with one attached hydrogen (secondary N) is 1. The molecular formula is C22H19Cl2N5O3. The van der Waals surface area contributed by atoms with Crippen molar-refractivity contribution in [3.8, 4) is 11.5 Å². The van der Waals surface area contributed by atoms with Crippen LogP contribution in [-0.4, -0.2) is 33.1 Å². The highest BCUT2D eigenvalue weighted by Gasteiger charge is 2.37. The number of Topliss-reactive ketones (excluding diaryl/α,β-unsaturated/α-hetero) is 1. The minimum atomic E-state index is -0.433. The molecule has 5 rings (SSSR count). The van der Waals surface area contributed by atoms with Crippen LogP contribution in [0.2, 0.25) is 10.0 Å². The summed E-state index contributed by atoms with van der Waals surface area (Å²) in [6, 6.07) is 10.4. The van der Waals surface area contributed by atoms with Crippen LogP contribution in [0.5, 0.6) is 11.5 Å². The van der Waals surface area contributed by atoms with Gasteiger partial charge in [0.15, 0.2) is 17.3 Å². The number of hydrogen-bond acceptors (Lipinski definition) is 7. The Kier molecular flexibility index (Phi) is 5.48. The Morgan fingerprint density at radius 3 is 2.84 bits per heavy atom. The molecule has 0 fully saturated rings. The van der Waals surface area contributed by atoms with Crippen molar-refractivity contribution in [1.82, 2.24) is 20.2 Å². The van der Waals surface area contributed by atoms with Crippen LogP contribution in [0.15, 0.2) is 47.7 Å². The molecule has 1 N–H and O–H groups in total. The number of carbonyl (C=O) groups is 1. The van der Waals surface area contributed by atoms with Gasteiger partial charge in [-0.05, 0) is 53.1 Å². The van der Waals surface area contributed by atoms with Crippen LogP contribution < -0.4 is 14.8 Å². The smallest absolute Gasteiger partial charge is 0.248 e. The number of ketones is 1. The summed E-state index contributed by atoms with van der Waals surface area (Å²) >= 11 is 12.2. The zero-order valence-electron chi connectivity index (χ0n) is 17.1. The van der Waals surface area contributed by atoms with Gasteiger partial charge in [0.05, 0.1) is 7.11 Å². The SMILES string of the molecule is COc1cc(C2C3=C(CCCC3=O)Nc3nnnn32)ccc1OCc1ccc(Cl)cc1Cl. The van der Waals surface area contributed by atoms with Gasteiger partial charge < -0.3 is 14.8 Å². The highest BCUT2D eigenvalue weighted by Crippen LogP contribution is 2.41. The number of halogens is 2. The summed E-state index contributed by atoms with van der Waals surface area (Å²) in [5.41, 5.74) is 3.21. The van der Waals surface area contributed by atoms with Gasteiger partial charge in [-0.25, -0.2) is 0 Å². The third-order valence-electron chi connectivity index (χ3n) is 5.63. The third kappa shape index (κ3) is 3.69. The number of allylic oxidation sites excluding steroid dienone is 2. The van der Waals surface area contributed by atoms with Gasteiger partial charge in [-0.1, -0.05) is 40.4 Å². The highest BCUT2D eigenvalue weighted by atomic mass is 35.5. The number of anilines is 1. The second-order valence-electron chi connectivity index (χ2n) is 7.58. The van der Waals surface area contributed by atoms with Crippen molar-refractivity contribution in [2.45, 2.75) is 31.9 Å². The van der Waals surface area contributed by atoms with Crippen LogP contribution in [0, 0.1) is 0 Å². The van der Waals surface area contributed by atoms with Crippen LogP contribution >= 0.6 is 23.2 Å². The van der Waals surface area contributed by atoms with E-state index in [9.17, 15) is 4.79 Å². The standard InChI is InChI=1S/C22H19Cl2N5O3/c1-31-19-9-12(6-8-18(19)32-11-13-5-7-14(23)10-15(13)24)21-20-16(3-2-4-17(20)30)25-22-26-27-28-29(21)22/h5-10,21H,2-4,11H2,1H3,(H,25,26,28). The molecule has 164 valence electrons. The first-order valence-corrected chi connectivity index (χ1v) is 10.9. The van der Waals surface area contributed by atoms with Crippen molar-refractivity contribution in [2.24, 2.45) is 0 Å². The maximum Gasteiger partial charge on any atom is 0.248 e. The van der Waals surface area contributed by atoms with E-state index in [-0.39, 0.29) is 12.4 Å². The number of carbonyl (C=O) groups excluding carboxylic acids is 1. The molecule has 0 saturated carbocycles. The molecule has 32 heavy (non-hydrogen) atoms. The minimum absolute atomic E-state index is 0.0987. The fourth-order valence-electron chi connectivity index (χ4n) is 4.09. The summed E-state index contributed by atoms with van der Waals surface area (Å²) in [6.07, 6.45) is 2.10. The maximum absolute atomic E-state index is 12.8. The average Bonchev–Trinajstić information content (AvgIpc) is 3.25. The maximum atomic E-state index is 12.8. The van der Waals surface area contributed by atoms with Crippen LogP contribution in [0.4, 0.5) is 5.95 Å². The topological polar surface area (TPSA) is 91.2 Å². The number of rotatable bonds is 5. The van der Waals surface area contributed by atoms with Gasteiger partial charge in [-0.15, -0.1) is 0 Å². The predicted molar refractivity (Wildman–Crippen MR) is 119 cm³/mol. The van der Waals surface area contributed by atoms with Gasteiger partial charge >= 0.3 is 0 Å². The molecule has 3 aromatic rings. The van der Waals surface area contributed by atoms with E-state index in [2.05, 4.69) is 20.8 Å². The second kappa shape index (κ2) is 8.44. The van der Waals surface area contributed by atoms with E-state index in [1.165, 1.54) is 0 Å². The number of nitrogens with zero attached hydrogens (tertiary/aromatic N) is 4. The summed E-state index contributed by atoms with van der Waals surface area (Å²) in [7, 11) is 1.57. The molecule has 10 heteroatoms. The van der Waals surface area contributed by atoms with Gasteiger partial charge in [0.1, 0.15) is 12.6 Å². The van der Waals surface area contributed by atoms with Gasteiger partial charge in [0, 0.05) is 33.3 Å². The number of ether oxygens (including phenoxy) is 2. The van der Waals surface area contributed by atoms with Crippen molar-refractivity contribution in [3.05, 3.63) is 68.8 Å². The van der Waals surface area contributed by atoms with E-state index in [4.69, 9.17) is 32.7 Å². The summed E-state index contributed by atoms with van der Waals surface area (Å²) in [4.78, 5) is 12.8. The van der Waals surface area contributed by atoms with E-state index >= 15 is 0 Å². The van der Waals surface area contributed by atoms with Crippen LogP contribution in [0.3, 0.4) is 0 Å². The van der Waals surface area contributed by atoms with Gasteiger partial charge in [0.2, 0.25) is 5.95 Å². The number of hydrogen-bond donors (Lipinski definition) is 1. The number of fused-ring (bicyclic) bond motifs is 1. The predicted octanol–water partition coefficient (Wildman–Crippen LogP) is 4.59. The van der Waals surface area contributed by atoms with Crippen molar-refractivity contribution >= 4 is 34.9 Å². The summed E-state index contributed by atoms with van der Waals surface area (Å²) in [6.45, 7) is 0.254. The summed E-state index contributed by atoms with van der Waals surface area (Å²) in [5.74, 6) is 1.70. The number of benzene rings is 2. The highest BCUT2D eigenvalue weighted by molar-refractivity contribution is 6.35. The molecule has 0 radical (unpaired) electrons. The molecule has 1 aromatic heterocycles. The zero-order valence-corrected chi connectivity index (χ0v) is 18.7. The molecule has 1 unspecified atom stereocenters. The first-order valence-electron chi connectivity index (χ1n) is 10.1. The molecule has 2 heterocycles. The lowest BCUT2D eigenvalue weighted by Crippen LogP contribution is -2.31. The molecular weight excluding hydrogens is 453 g/mol. The quantitative estimate of drug-likeness (QED) is 0.581. The first-order chi connectivity index (χ1) is 15.5. The summed E-state index contributed by atoms with van der Waals surface area (Å²) in [5, 5.41) is 16.3. The van der Waals surface area contributed by atoms with Gasteiger partial charge in [-0.3, -0.25) is 4.79 Å². The lowest BCUT2D eigenvalue weighted by molar-refractivity contribution is -0.116. The van der Waals surface area contributed by atoms with Gasteiger partial charge in [0.25, 0.3) is 0 Å². The molecule has 0 spiro atoms. The molecule has 1 atom stereocenters. The Labute approximate surface area is 194 Å². The van der Waals surface area contributed by atoms with Crippen LogP contribution in [-0.2, 0) is 11.4 Å². The normalized spacial score (nSPS) is 17.5. The van der Waals surface area contributed by atoms with Crippen molar-refractivity contribution < 1.29 is 14.3 Å². The average molecular weight is 472 g/mol. The van der Waals surface area contributed by atoms with E-state index < -0.39 is 6.04 Å². The molecule has 0 bridgehead atoms. The molecule has 0 amide bonds. The van der Waals surface area contributed by atoms with E-state index in [0.717, 1.165) is 29.7 Å². The Morgan fingerprint density at radius 1 is 1.16 bits per heavy atom. The van der Waals surface area contributed by atoms with Crippen LogP contribution in [0.25, 0.3) is 0 Å². The lowest BCUT2D eigenvalue weighted by Gasteiger charge is -2.31. The van der Waals surface area contributed by atoms with Crippen LogP contribution in [0.1, 0.15) is 36.4 Å². The number of aromatic nitrogens is 4. The Balaban J connectivity index is 1.48. The van der Waals surface area contributed by atoms with Crippen molar-refractivity contribution in [3.63, 3.8) is 0 Å². The molecule has 8 nitrogen and oxygen atoms in total. The molecule has 1 aliphatic heterocycles. The Hall–Kier alpha value is -3.10. The largest absolute Gasteiger partial charge is 0.493 e. The molecule has 2 aliphatic rings. The molecule has 1 aliphatic carbocycles. The Bertz CT molecular complexity index is 1240. The van der Waals surface area contributed by atoms with E-state index in [0.29, 0.717) is 39.5 Å². The van der Waals surface area contributed by atoms with E-state index in [1.54, 1.807) is 23.9 Å². The van der Waals surface area contributed by atoms with E-state index in [1.807, 2.05) is 24.3 Å². The van der Waals surface area contributed by atoms with Crippen molar-refractivity contribution in [2.75, 3.05) is 12.4 Å². The minimum Gasteiger partial charge on any atom is -0.493 e. The fourth-order valence-corrected chi connectivity index (χ4v) is 4.56. The molecule has 0 saturated heterocycles. The third-order valence-corrected chi connectivity index (χ3v) is 6.22. The monoisotopic (exact) mass is 471 g/mol. The Morgan fingerprint density at radius 2 is 2.03 bits per heavy atom. The first kappa shape index (κ1) is 20.8. The molecule has 2 aromatic carbocycles. The fraction of sp³-hybridized carbons (Fsp3) is 0.273. The summed E-state index contributed by atoms with van der Waals surface area (Å²) < 4.78 is 13.2. The zero-order chi connectivity index (χ0) is 22.2. The number of methoxy groups -OCH3 is 1. The second-order valence-corrected chi connectivity index (χ2v) is 8.42. The lowest BCUT2D eigenvalue weighted by atomic mass is 9.85. The van der Waals surface area contributed by atoms with Crippen molar-refractivity contribution in [1.29, 1.82) is 0 Å².